The maximum Gasteiger partial charge on any atom is 0.232 e. The summed E-state index contributed by atoms with van der Waals surface area (Å²) in [7, 11) is 3.18. The first kappa shape index (κ1) is 19.0. The van der Waals surface area contributed by atoms with E-state index in [9.17, 15) is 4.79 Å². The number of aromatic nitrogens is 2. The van der Waals surface area contributed by atoms with E-state index in [-0.39, 0.29) is 11.8 Å². The number of anilines is 1. The van der Waals surface area contributed by atoms with Crippen LogP contribution in [0, 0.1) is 13.8 Å². The van der Waals surface area contributed by atoms with Crippen LogP contribution in [0.5, 0.6) is 11.5 Å². The lowest BCUT2D eigenvalue weighted by Crippen LogP contribution is -2.24. The van der Waals surface area contributed by atoms with Gasteiger partial charge in [0.25, 0.3) is 0 Å². The molecule has 0 aliphatic carbocycles. The lowest BCUT2D eigenvalue weighted by atomic mass is 10.1. The Balaban J connectivity index is 1.58. The van der Waals surface area contributed by atoms with Gasteiger partial charge in [-0.2, -0.15) is 4.98 Å². The predicted molar refractivity (Wildman–Crippen MR) is 108 cm³/mol. The molecule has 2 aromatic carbocycles. The Morgan fingerprint density at radius 1 is 1.07 bits per heavy atom. The fourth-order valence-electron chi connectivity index (χ4n) is 3.72. The zero-order valence-electron chi connectivity index (χ0n) is 16.9. The molecule has 4 rings (SSSR count). The van der Waals surface area contributed by atoms with Gasteiger partial charge in [-0.3, -0.25) is 4.79 Å². The Morgan fingerprint density at radius 2 is 1.83 bits per heavy atom. The molecular weight excluding hydrogens is 370 g/mol. The molecule has 1 aliphatic rings. The molecule has 0 N–H and O–H groups in total. The average Bonchev–Trinajstić information content (AvgIpc) is 3.33. The van der Waals surface area contributed by atoms with Gasteiger partial charge >= 0.3 is 0 Å². The van der Waals surface area contributed by atoms with Gasteiger partial charge in [-0.05, 0) is 49.2 Å². The molecule has 7 nitrogen and oxygen atoms in total. The Morgan fingerprint density at radius 3 is 2.52 bits per heavy atom. The number of hydrogen-bond acceptors (Lipinski definition) is 6. The van der Waals surface area contributed by atoms with Crippen LogP contribution in [0.4, 0.5) is 5.69 Å². The van der Waals surface area contributed by atoms with Gasteiger partial charge in [-0.25, -0.2) is 0 Å². The van der Waals surface area contributed by atoms with Crippen LogP contribution in [-0.4, -0.2) is 36.8 Å². The SMILES string of the molecule is COc1ccc(-c2noc([C@H]3CC(=O)N(c4cc(C)cc(C)c4)C3)n2)c(OC)c1. The summed E-state index contributed by atoms with van der Waals surface area (Å²) in [6.45, 7) is 4.57. The van der Waals surface area contributed by atoms with Crippen molar-refractivity contribution in [2.75, 3.05) is 25.7 Å². The summed E-state index contributed by atoms with van der Waals surface area (Å²) in [5.41, 5.74) is 3.87. The third-order valence-electron chi connectivity index (χ3n) is 5.08. The highest BCUT2D eigenvalue weighted by Crippen LogP contribution is 2.35. The molecule has 0 spiro atoms. The van der Waals surface area contributed by atoms with Gasteiger partial charge in [0.05, 0.1) is 25.7 Å². The molecule has 7 heteroatoms. The van der Waals surface area contributed by atoms with E-state index in [2.05, 4.69) is 16.2 Å². The summed E-state index contributed by atoms with van der Waals surface area (Å²) in [5.74, 6) is 2.07. The highest BCUT2D eigenvalue weighted by atomic mass is 16.5. The molecule has 0 bridgehead atoms. The van der Waals surface area contributed by atoms with Crippen LogP contribution in [-0.2, 0) is 4.79 Å². The largest absolute Gasteiger partial charge is 0.497 e. The summed E-state index contributed by atoms with van der Waals surface area (Å²) >= 11 is 0. The van der Waals surface area contributed by atoms with Crippen molar-refractivity contribution in [3.63, 3.8) is 0 Å². The van der Waals surface area contributed by atoms with Gasteiger partial charge in [-0.15, -0.1) is 0 Å². The third-order valence-corrected chi connectivity index (χ3v) is 5.08. The molecule has 1 atom stereocenters. The van der Waals surface area contributed by atoms with Crippen molar-refractivity contribution >= 4 is 11.6 Å². The lowest BCUT2D eigenvalue weighted by molar-refractivity contribution is -0.117. The van der Waals surface area contributed by atoms with Crippen LogP contribution < -0.4 is 14.4 Å². The molecule has 1 saturated heterocycles. The monoisotopic (exact) mass is 393 g/mol. The summed E-state index contributed by atoms with van der Waals surface area (Å²) < 4.78 is 16.2. The zero-order valence-corrected chi connectivity index (χ0v) is 16.9. The summed E-state index contributed by atoms with van der Waals surface area (Å²) in [4.78, 5) is 19.0. The third kappa shape index (κ3) is 3.68. The van der Waals surface area contributed by atoms with Crippen molar-refractivity contribution in [1.29, 1.82) is 0 Å². The van der Waals surface area contributed by atoms with Gasteiger partial charge in [-0.1, -0.05) is 11.2 Å². The maximum absolute atomic E-state index is 12.6. The molecule has 29 heavy (non-hydrogen) atoms. The predicted octanol–water partition coefficient (Wildman–Crippen LogP) is 3.89. The van der Waals surface area contributed by atoms with E-state index < -0.39 is 0 Å². The molecule has 3 aromatic rings. The first-order chi connectivity index (χ1) is 14.0. The number of hydrogen-bond donors (Lipinski definition) is 0. The number of benzene rings is 2. The standard InChI is InChI=1S/C22H23N3O4/c1-13-7-14(2)9-16(8-13)25-12-15(10-20(25)26)22-23-21(24-29-22)18-6-5-17(27-3)11-19(18)28-4/h5-9,11,15H,10,12H2,1-4H3/t15-/m0/s1. The molecule has 0 radical (unpaired) electrons. The normalized spacial score (nSPS) is 16.3. The minimum Gasteiger partial charge on any atom is -0.497 e. The minimum atomic E-state index is -0.145. The fourth-order valence-corrected chi connectivity index (χ4v) is 3.72. The quantitative estimate of drug-likeness (QED) is 0.654. The summed E-state index contributed by atoms with van der Waals surface area (Å²) in [5, 5.41) is 4.11. The number of amides is 1. The van der Waals surface area contributed by atoms with Crippen LogP contribution >= 0.6 is 0 Å². The molecule has 1 aliphatic heterocycles. The van der Waals surface area contributed by atoms with Gasteiger partial charge < -0.3 is 18.9 Å². The van der Waals surface area contributed by atoms with Crippen LogP contribution in [0.25, 0.3) is 11.4 Å². The molecule has 1 aromatic heterocycles. The summed E-state index contributed by atoms with van der Waals surface area (Å²) in [6.07, 6.45) is 0.342. The van der Waals surface area contributed by atoms with Crippen molar-refractivity contribution in [2.45, 2.75) is 26.2 Å². The van der Waals surface area contributed by atoms with Gasteiger partial charge in [0.2, 0.25) is 17.6 Å². The molecule has 1 fully saturated rings. The smallest absolute Gasteiger partial charge is 0.232 e. The topological polar surface area (TPSA) is 77.7 Å². The van der Waals surface area contributed by atoms with Crippen LogP contribution in [0.3, 0.4) is 0 Å². The second-order valence-corrected chi connectivity index (χ2v) is 7.27. The number of carbonyl (C=O) groups excluding carboxylic acids is 1. The summed E-state index contributed by atoms with van der Waals surface area (Å²) in [6, 6.07) is 11.5. The maximum atomic E-state index is 12.6. The molecular formula is C22H23N3O4. The van der Waals surface area contributed by atoms with Crippen LogP contribution in [0.2, 0.25) is 0 Å². The Kier molecular flexibility index (Phi) is 4.96. The van der Waals surface area contributed by atoms with Crippen molar-refractivity contribution in [2.24, 2.45) is 0 Å². The van der Waals surface area contributed by atoms with E-state index >= 15 is 0 Å². The van der Waals surface area contributed by atoms with Crippen LogP contribution in [0.1, 0.15) is 29.4 Å². The highest BCUT2D eigenvalue weighted by Gasteiger charge is 2.35. The molecule has 2 heterocycles. The fraction of sp³-hybridized carbons (Fsp3) is 0.318. The van der Waals surface area contributed by atoms with Crippen molar-refractivity contribution in [3.05, 3.63) is 53.4 Å². The molecule has 0 saturated carbocycles. The molecule has 1 amide bonds. The van der Waals surface area contributed by atoms with Crippen LogP contribution in [0.15, 0.2) is 40.9 Å². The number of rotatable bonds is 5. The Bertz CT molecular complexity index is 1040. The van der Waals surface area contributed by atoms with Gasteiger partial charge in [0.1, 0.15) is 11.5 Å². The first-order valence-electron chi connectivity index (χ1n) is 9.43. The number of methoxy groups -OCH3 is 2. The first-order valence-corrected chi connectivity index (χ1v) is 9.43. The van der Waals surface area contributed by atoms with Crippen molar-refractivity contribution in [3.8, 4) is 22.9 Å². The van der Waals surface area contributed by atoms with Gasteiger partial charge in [0.15, 0.2) is 0 Å². The average molecular weight is 393 g/mol. The molecule has 150 valence electrons. The van der Waals surface area contributed by atoms with E-state index in [0.29, 0.717) is 41.7 Å². The number of nitrogens with zero attached hydrogens (tertiary/aromatic N) is 3. The number of carbonyl (C=O) groups is 1. The lowest BCUT2D eigenvalue weighted by Gasteiger charge is -2.17. The van der Waals surface area contributed by atoms with Crippen molar-refractivity contribution in [1.82, 2.24) is 10.1 Å². The van der Waals surface area contributed by atoms with E-state index in [4.69, 9.17) is 14.0 Å². The van der Waals surface area contributed by atoms with E-state index in [1.54, 1.807) is 25.2 Å². The van der Waals surface area contributed by atoms with E-state index in [1.807, 2.05) is 38.1 Å². The minimum absolute atomic E-state index is 0.0572. The Hall–Kier alpha value is -3.35. The number of ether oxygens (including phenoxy) is 2. The number of aryl methyl sites for hydroxylation is 2. The molecule has 0 unspecified atom stereocenters. The highest BCUT2D eigenvalue weighted by molar-refractivity contribution is 5.96. The van der Waals surface area contributed by atoms with E-state index in [1.165, 1.54) is 0 Å². The Labute approximate surface area is 169 Å². The second kappa shape index (κ2) is 7.58. The van der Waals surface area contributed by atoms with Gasteiger partial charge in [0, 0.05) is 24.7 Å². The zero-order chi connectivity index (χ0) is 20.5. The second-order valence-electron chi connectivity index (χ2n) is 7.27. The van der Waals surface area contributed by atoms with Crippen molar-refractivity contribution < 1.29 is 18.8 Å². The van der Waals surface area contributed by atoms with E-state index in [0.717, 1.165) is 16.8 Å².